The summed E-state index contributed by atoms with van der Waals surface area (Å²) in [6, 6.07) is 9.16. The number of hydrogen-bond acceptors (Lipinski definition) is 5. The first-order valence-corrected chi connectivity index (χ1v) is 10.8. The minimum absolute atomic E-state index is 0.0448. The zero-order valence-corrected chi connectivity index (χ0v) is 18.2. The van der Waals surface area contributed by atoms with Gasteiger partial charge in [-0.15, -0.1) is 0 Å². The minimum Gasteiger partial charge on any atom is -0.481 e. The van der Waals surface area contributed by atoms with Gasteiger partial charge in [-0.25, -0.2) is 0 Å². The van der Waals surface area contributed by atoms with Gasteiger partial charge in [0.15, 0.2) is 6.10 Å². The van der Waals surface area contributed by atoms with E-state index < -0.39 is 12.2 Å². The molecule has 2 saturated heterocycles. The number of likely N-dealkylation sites (tertiary alicyclic amines) is 1. The van der Waals surface area contributed by atoms with Crippen LogP contribution in [-0.4, -0.2) is 66.4 Å². The molecule has 0 aromatic heterocycles. The molecule has 0 radical (unpaired) electrons. The molecule has 7 heteroatoms. The smallest absolute Gasteiger partial charge is 0.263 e. The van der Waals surface area contributed by atoms with Crippen molar-refractivity contribution in [3.05, 3.63) is 30.3 Å². The predicted octanol–water partition coefficient (Wildman–Crippen LogP) is 1.98. The first-order valence-electron chi connectivity index (χ1n) is 10.8. The van der Waals surface area contributed by atoms with Gasteiger partial charge in [-0.3, -0.25) is 9.59 Å². The predicted molar refractivity (Wildman–Crippen MR) is 113 cm³/mol. The van der Waals surface area contributed by atoms with Gasteiger partial charge >= 0.3 is 0 Å². The third-order valence-corrected chi connectivity index (χ3v) is 6.01. The summed E-state index contributed by atoms with van der Waals surface area (Å²) in [5, 5.41) is 13.2. The zero-order valence-electron chi connectivity index (χ0n) is 18.2. The summed E-state index contributed by atoms with van der Waals surface area (Å²) < 4.78 is 11.1. The van der Waals surface area contributed by atoms with E-state index in [1.807, 2.05) is 35.2 Å². The molecule has 2 aliphatic rings. The van der Waals surface area contributed by atoms with Crippen LogP contribution in [0.2, 0.25) is 0 Å². The Hall–Kier alpha value is -2.12. The molecule has 3 rings (SSSR count). The number of nitrogens with one attached hydrogen (secondary N) is 1. The topological polar surface area (TPSA) is 88.1 Å². The number of carbonyl (C=O) groups is 2. The first kappa shape index (κ1) is 22.6. The number of nitrogens with zero attached hydrogens (tertiary/aromatic N) is 1. The lowest BCUT2D eigenvalue weighted by atomic mass is 9.90. The van der Waals surface area contributed by atoms with E-state index in [9.17, 15) is 14.7 Å². The van der Waals surface area contributed by atoms with Gasteiger partial charge in [-0.1, -0.05) is 32.0 Å². The van der Waals surface area contributed by atoms with Crippen LogP contribution < -0.4 is 10.1 Å². The third kappa shape index (κ3) is 5.73. The van der Waals surface area contributed by atoms with E-state index in [2.05, 4.69) is 19.2 Å². The molecule has 30 heavy (non-hydrogen) atoms. The molecule has 0 bridgehead atoms. The maximum absolute atomic E-state index is 13.1. The second kappa shape index (κ2) is 9.79. The van der Waals surface area contributed by atoms with Crippen LogP contribution >= 0.6 is 0 Å². The van der Waals surface area contributed by atoms with Crippen molar-refractivity contribution in [2.45, 2.75) is 58.3 Å². The number of carbonyl (C=O) groups excluding carboxylic acids is 2. The lowest BCUT2D eigenvalue weighted by Gasteiger charge is -2.29. The molecule has 2 aliphatic heterocycles. The molecule has 3 atom stereocenters. The van der Waals surface area contributed by atoms with Gasteiger partial charge in [0.1, 0.15) is 11.9 Å². The number of hydrogen-bond donors (Lipinski definition) is 2. The highest BCUT2D eigenvalue weighted by Gasteiger charge is 2.42. The van der Waals surface area contributed by atoms with Gasteiger partial charge in [0.2, 0.25) is 5.91 Å². The van der Waals surface area contributed by atoms with E-state index in [-0.39, 0.29) is 29.2 Å². The lowest BCUT2D eigenvalue weighted by molar-refractivity contribution is -0.140. The fourth-order valence-electron chi connectivity index (χ4n) is 4.40. The number of aliphatic hydroxyl groups excluding tert-OH is 1. The summed E-state index contributed by atoms with van der Waals surface area (Å²) in [6.45, 7) is 8.08. The highest BCUT2D eigenvalue weighted by molar-refractivity contribution is 5.82. The Kier molecular flexibility index (Phi) is 7.36. The van der Waals surface area contributed by atoms with Gasteiger partial charge < -0.3 is 24.8 Å². The highest BCUT2D eigenvalue weighted by Crippen LogP contribution is 2.34. The molecule has 2 N–H and O–H groups in total. The monoisotopic (exact) mass is 418 g/mol. The minimum atomic E-state index is -1.03. The van der Waals surface area contributed by atoms with E-state index in [1.54, 1.807) is 6.92 Å². The van der Waals surface area contributed by atoms with E-state index in [0.717, 1.165) is 6.42 Å². The Labute approximate surface area is 178 Å². The van der Waals surface area contributed by atoms with Crippen LogP contribution in [0.1, 0.15) is 40.0 Å². The Bertz CT molecular complexity index is 718. The van der Waals surface area contributed by atoms with Gasteiger partial charge in [-0.05, 0) is 49.7 Å². The van der Waals surface area contributed by atoms with Gasteiger partial charge in [0.05, 0.1) is 0 Å². The van der Waals surface area contributed by atoms with E-state index in [4.69, 9.17) is 9.47 Å². The van der Waals surface area contributed by atoms with Crippen LogP contribution in [0, 0.1) is 11.3 Å². The third-order valence-electron chi connectivity index (χ3n) is 6.01. The number of para-hydroxylation sites is 1. The Morgan fingerprint density at radius 3 is 2.60 bits per heavy atom. The molecule has 2 fully saturated rings. The SMILES string of the molecule is CC(Oc1ccccc1)C(=O)N1CC(C)(C)CC1CNC(=O)C(O)C1CCOCC1. The van der Waals surface area contributed by atoms with Crippen LogP contribution in [-0.2, 0) is 14.3 Å². The standard InChI is InChI=1S/C23H34N2O5/c1-16(30-19-7-5-4-6-8-19)22(28)25-15-23(2,3)13-18(25)14-24-21(27)20(26)17-9-11-29-12-10-17/h4-8,16-18,20,26H,9-15H2,1-3H3,(H,24,27). The number of rotatable bonds is 7. The summed E-state index contributed by atoms with van der Waals surface area (Å²) in [4.78, 5) is 27.4. The van der Waals surface area contributed by atoms with E-state index in [0.29, 0.717) is 44.9 Å². The fourth-order valence-corrected chi connectivity index (χ4v) is 4.40. The largest absolute Gasteiger partial charge is 0.481 e. The molecule has 2 amide bonds. The molecule has 0 saturated carbocycles. The van der Waals surface area contributed by atoms with Crippen molar-refractivity contribution in [1.82, 2.24) is 10.2 Å². The summed E-state index contributed by atoms with van der Waals surface area (Å²) in [7, 11) is 0. The summed E-state index contributed by atoms with van der Waals surface area (Å²) in [5.74, 6) is 0.123. The average molecular weight is 419 g/mol. The van der Waals surface area contributed by atoms with Gasteiger partial charge in [-0.2, -0.15) is 0 Å². The second-order valence-corrected chi connectivity index (χ2v) is 9.20. The van der Waals surface area contributed by atoms with Crippen LogP contribution in [0.3, 0.4) is 0 Å². The van der Waals surface area contributed by atoms with Crippen molar-refractivity contribution in [3.63, 3.8) is 0 Å². The van der Waals surface area contributed by atoms with Gasteiger partial charge in [0.25, 0.3) is 5.91 Å². The maximum atomic E-state index is 13.1. The number of benzene rings is 1. The molecule has 7 nitrogen and oxygen atoms in total. The second-order valence-electron chi connectivity index (χ2n) is 9.20. The molecule has 2 heterocycles. The highest BCUT2D eigenvalue weighted by atomic mass is 16.5. The van der Waals surface area contributed by atoms with Crippen molar-refractivity contribution < 1.29 is 24.2 Å². The summed E-state index contributed by atoms with van der Waals surface area (Å²) in [6.07, 6.45) is 0.499. The number of ether oxygens (including phenoxy) is 2. The Morgan fingerprint density at radius 1 is 1.27 bits per heavy atom. The molecular weight excluding hydrogens is 384 g/mol. The first-order chi connectivity index (χ1) is 14.3. The van der Waals surface area contributed by atoms with Gasteiger partial charge in [0, 0.05) is 32.3 Å². The molecule has 1 aromatic rings. The lowest BCUT2D eigenvalue weighted by Crippen LogP contribution is -2.50. The van der Waals surface area contributed by atoms with Crippen molar-refractivity contribution >= 4 is 11.8 Å². The fraction of sp³-hybridized carbons (Fsp3) is 0.652. The zero-order chi connectivity index (χ0) is 21.7. The van der Waals surface area contributed by atoms with Crippen molar-refractivity contribution in [3.8, 4) is 5.75 Å². The van der Waals surface area contributed by atoms with Crippen molar-refractivity contribution in [2.24, 2.45) is 11.3 Å². The van der Waals surface area contributed by atoms with Crippen LogP contribution in [0.15, 0.2) is 30.3 Å². The molecule has 166 valence electrons. The summed E-state index contributed by atoms with van der Waals surface area (Å²) in [5.41, 5.74) is -0.0448. The molecule has 1 aromatic carbocycles. The van der Waals surface area contributed by atoms with Crippen LogP contribution in [0.4, 0.5) is 0 Å². The normalized spacial score (nSPS) is 23.6. The number of amides is 2. The number of aliphatic hydroxyl groups is 1. The van der Waals surface area contributed by atoms with Crippen molar-refractivity contribution in [2.75, 3.05) is 26.3 Å². The van der Waals surface area contributed by atoms with E-state index >= 15 is 0 Å². The van der Waals surface area contributed by atoms with Crippen LogP contribution in [0.5, 0.6) is 5.75 Å². The summed E-state index contributed by atoms with van der Waals surface area (Å²) >= 11 is 0. The molecular formula is C23H34N2O5. The molecule has 3 unspecified atom stereocenters. The van der Waals surface area contributed by atoms with E-state index in [1.165, 1.54) is 0 Å². The van der Waals surface area contributed by atoms with Crippen molar-refractivity contribution in [1.29, 1.82) is 0 Å². The average Bonchev–Trinajstić information content (AvgIpc) is 3.06. The Morgan fingerprint density at radius 2 is 1.93 bits per heavy atom. The maximum Gasteiger partial charge on any atom is 0.263 e. The molecule has 0 aliphatic carbocycles. The van der Waals surface area contributed by atoms with Crippen LogP contribution in [0.25, 0.3) is 0 Å². The molecule has 0 spiro atoms. The quantitative estimate of drug-likeness (QED) is 0.707. The Balaban J connectivity index is 1.58.